The molecule has 15 heavy (non-hydrogen) atoms. The quantitative estimate of drug-likeness (QED) is 0.539. The van der Waals surface area contributed by atoms with Gasteiger partial charge in [-0.15, -0.1) is 0 Å². The van der Waals surface area contributed by atoms with Crippen LogP contribution in [0.4, 0.5) is 0 Å². The first kappa shape index (κ1) is 9.58. The molecule has 1 aliphatic rings. The van der Waals surface area contributed by atoms with Crippen molar-refractivity contribution in [3.05, 3.63) is 34.9 Å². The predicted molar refractivity (Wildman–Crippen MR) is 52.6 cm³/mol. The van der Waals surface area contributed by atoms with Gasteiger partial charge in [0.15, 0.2) is 0 Å². The summed E-state index contributed by atoms with van der Waals surface area (Å²) in [4.78, 5) is 34.2. The van der Waals surface area contributed by atoms with Crippen molar-refractivity contribution in [1.29, 1.82) is 0 Å². The second-order valence-corrected chi connectivity index (χ2v) is 3.31. The molecule has 76 valence electrons. The minimum atomic E-state index is -0.839. The van der Waals surface area contributed by atoms with Crippen LogP contribution in [0.1, 0.15) is 33.2 Å². The van der Waals surface area contributed by atoms with Gasteiger partial charge >= 0.3 is 0 Å². The van der Waals surface area contributed by atoms with Gasteiger partial charge in [-0.05, 0) is 18.1 Å². The molecule has 0 saturated heterocycles. The number of Topliss-reactive ketones (excluding diaryl/α,β-unsaturated/α-hetero) is 1. The Morgan fingerprint density at radius 3 is 2.53 bits per heavy atom. The summed E-state index contributed by atoms with van der Waals surface area (Å²) in [6.45, 7) is 1.87. The number of hydrogen-bond donors (Lipinski definition) is 1. The predicted octanol–water partition coefficient (Wildman–Crippen LogP) is 0.702. The maximum atomic E-state index is 11.6. The minimum Gasteiger partial charge on any atom is -0.285 e. The number of imide groups is 1. The SMILES string of the molecule is CCc1cccc2c1C(=O)C(=O)NC2=O. The number of hydrogen-bond acceptors (Lipinski definition) is 3. The van der Waals surface area contributed by atoms with Crippen LogP contribution in [0.25, 0.3) is 0 Å². The highest BCUT2D eigenvalue weighted by Crippen LogP contribution is 2.19. The average Bonchev–Trinajstić information content (AvgIpc) is 2.25. The van der Waals surface area contributed by atoms with Crippen molar-refractivity contribution in [2.45, 2.75) is 13.3 Å². The lowest BCUT2D eigenvalue weighted by Gasteiger charge is -2.16. The van der Waals surface area contributed by atoms with Gasteiger partial charge in [0.2, 0.25) is 0 Å². The minimum absolute atomic E-state index is 0.258. The van der Waals surface area contributed by atoms with Crippen LogP contribution in [-0.4, -0.2) is 17.6 Å². The second kappa shape index (κ2) is 3.31. The highest BCUT2D eigenvalue weighted by atomic mass is 16.2. The van der Waals surface area contributed by atoms with Gasteiger partial charge in [-0.3, -0.25) is 19.7 Å². The van der Waals surface area contributed by atoms with E-state index in [4.69, 9.17) is 0 Å². The largest absolute Gasteiger partial charge is 0.299 e. The summed E-state index contributed by atoms with van der Waals surface area (Å²) in [6, 6.07) is 5.01. The Balaban J connectivity index is 2.71. The fourth-order valence-corrected chi connectivity index (χ4v) is 1.69. The van der Waals surface area contributed by atoms with Crippen molar-refractivity contribution in [2.24, 2.45) is 0 Å². The van der Waals surface area contributed by atoms with E-state index < -0.39 is 17.6 Å². The van der Waals surface area contributed by atoms with E-state index in [0.29, 0.717) is 12.0 Å². The molecule has 0 bridgehead atoms. The zero-order chi connectivity index (χ0) is 11.0. The van der Waals surface area contributed by atoms with Crippen molar-refractivity contribution >= 4 is 17.6 Å². The first-order valence-corrected chi connectivity index (χ1v) is 4.67. The maximum Gasteiger partial charge on any atom is 0.299 e. The van der Waals surface area contributed by atoms with Gasteiger partial charge in [-0.25, -0.2) is 0 Å². The van der Waals surface area contributed by atoms with Crippen LogP contribution in [0.15, 0.2) is 18.2 Å². The summed E-state index contributed by atoms with van der Waals surface area (Å²) in [7, 11) is 0. The number of fused-ring (bicyclic) bond motifs is 1. The van der Waals surface area contributed by atoms with Crippen LogP contribution in [0, 0.1) is 0 Å². The summed E-state index contributed by atoms with van der Waals surface area (Å²) in [6.07, 6.45) is 0.621. The van der Waals surface area contributed by atoms with Crippen LogP contribution in [0.5, 0.6) is 0 Å². The lowest BCUT2D eigenvalue weighted by Crippen LogP contribution is -2.42. The molecule has 1 N–H and O–H groups in total. The van der Waals surface area contributed by atoms with E-state index in [2.05, 4.69) is 0 Å². The van der Waals surface area contributed by atoms with Crippen LogP contribution in [0.3, 0.4) is 0 Å². The van der Waals surface area contributed by atoms with Crippen LogP contribution < -0.4 is 5.32 Å². The number of nitrogens with one attached hydrogen (secondary N) is 1. The number of benzene rings is 1. The molecule has 1 heterocycles. The smallest absolute Gasteiger partial charge is 0.285 e. The van der Waals surface area contributed by atoms with Gasteiger partial charge in [0, 0.05) is 5.56 Å². The summed E-state index contributed by atoms with van der Waals surface area (Å²) < 4.78 is 0. The monoisotopic (exact) mass is 203 g/mol. The van der Waals surface area contributed by atoms with Crippen molar-refractivity contribution in [2.75, 3.05) is 0 Å². The lowest BCUT2D eigenvalue weighted by molar-refractivity contribution is -0.116. The highest BCUT2D eigenvalue weighted by molar-refractivity contribution is 6.49. The van der Waals surface area contributed by atoms with Crippen molar-refractivity contribution in [3.8, 4) is 0 Å². The third-order valence-corrected chi connectivity index (χ3v) is 2.44. The fraction of sp³-hybridized carbons (Fsp3) is 0.182. The van der Waals surface area contributed by atoms with E-state index >= 15 is 0 Å². The number of ketones is 1. The third-order valence-electron chi connectivity index (χ3n) is 2.44. The molecule has 4 heteroatoms. The molecule has 1 aromatic carbocycles. The topological polar surface area (TPSA) is 63.2 Å². The fourth-order valence-electron chi connectivity index (χ4n) is 1.69. The molecule has 0 fully saturated rings. The summed E-state index contributed by atoms with van der Waals surface area (Å²) >= 11 is 0. The summed E-state index contributed by atoms with van der Waals surface area (Å²) in [5.41, 5.74) is 1.29. The molecule has 0 aromatic heterocycles. The molecule has 0 aliphatic carbocycles. The Kier molecular flexibility index (Phi) is 2.11. The second-order valence-electron chi connectivity index (χ2n) is 3.31. The lowest BCUT2D eigenvalue weighted by atomic mass is 9.92. The van der Waals surface area contributed by atoms with E-state index in [1.165, 1.54) is 0 Å². The molecule has 2 amide bonds. The van der Waals surface area contributed by atoms with Gasteiger partial charge < -0.3 is 0 Å². The van der Waals surface area contributed by atoms with E-state index in [1.807, 2.05) is 12.2 Å². The van der Waals surface area contributed by atoms with E-state index in [0.717, 1.165) is 5.56 Å². The molecular formula is C11H9NO3. The molecule has 1 aromatic rings. The number of aryl methyl sites for hydroxylation is 1. The summed E-state index contributed by atoms with van der Waals surface area (Å²) in [5.74, 6) is -1.96. The number of carbonyl (C=O) groups is 3. The zero-order valence-electron chi connectivity index (χ0n) is 8.16. The van der Waals surface area contributed by atoms with Gasteiger partial charge in [0.25, 0.3) is 17.6 Å². The van der Waals surface area contributed by atoms with E-state index in [1.54, 1.807) is 18.2 Å². The molecule has 0 spiro atoms. The first-order chi connectivity index (χ1) is 7.15. The van der Waals surface area contributed by atoms with Gasteiger partial charge in [-0.2, -0.15) is 0 Å². The molecule has 2 rings (SSSR count). The Morgan fingerprint density at radius 2 is 1.87 bits per heavy atom. The van der Waals surface area contributed by atoms with Gasteiger partial charge in [-0.1, -0.05) is 19.1 Å². The molecular weight excluding hydrogens is 194 g/mol. The van der Waals surface area contributed by atoms with Crippen molar-refractivity contribution in [1.82, 2.24) is 5.32 Å². The third kappa shape index (κ3) is 1.34. The normalized spacial score (nSPS) is 14.9. The molecule has 0 atom stereocenters. The van der Waals surface area contributed by atoms with Gasteiger partial charge in [0.1, 0.15) is 0 Å². The molecule has 4 nitrogen and oxygen atoms in total. The molecule has 0 unspecified atom stereocenters. The molecule has 0 saturated carbocycles. The summed E-state index contributed by atoms with van der Waals surface area (Å²) in [5, 5.41) is 2.01. The maximum absolute atomic E-state index is 11.6. The van der Waals surface area contributed by atoms with E-state index in [9.17, 15) is 14.4 Å². The Hall–Kier alpha value is -1.97. The Labute approximate surface area is 86.3 Å². The number of carbonyl (C=O) groups excluding carboxylic acids is 3. The van der Waals surface area contributed by atoms with Crippen LogP contribution in [-0.2, 0) is 11.2 Å². The number of amides is 2. The Morgan fingerprint density at radius 1 is 1.13 bits per heavy atom. The first-order valence-electron chi connectivity index (χ1n) is 4.67. The van der Waals surface area contributed by atoms with Gasteiger partial charge in [0.05, 0.1) is 5.56 Å². The average molecular weight is 203 g/mol. The highest BCUT2D eigenvalue weighted by Gasteiger charge is 2.31. The number of rotatable bonds is 1. The molecule has 1 aliphatic heterocycles. The van der Waals surface area contributed by atoms with Crippen LogP contribution in [0.2, 0.25) is 0 Å². The van der Waals surface area contributed by atoms with Crippen molar-refractivity contribution < 1.29 is 14.4 Å². The molecule has 0 radical (unpaired) electrons. The van der Waals surface area contributed by atoms with E-state index in [-0.39, 0.29) is 5.56 Å². The Bertz CT molecular complexity index is 477. The van der Waals surface area contributed by atoms with Crippen molar-refractivity contribution in [3.63, 3.8) is 0 Å². The van der Waals surface area contributed by atoms with Crippen LogP contribution >= 0.6 is 0 Å². The standard InChI is InChI=1S/C11H9NO3/c1-2-6-4-3-5-7-8(6)9(13)11(15)12-10(7)14/h3-5H,2H2,1H3,(H,12,14,15). The zero-order valence-corrected chi connectivity index (χ0v) is 8.16.